The first-order chi connectivity index (χ1) is 8.51. The SMILES string of the molecule is CCOC(=O)Cc1ccc(OC)c([N+](=O)[O-])c1Cl. The van der Waals surface area contributed by atoms with Crippen LogP contribution in [0.2, 0.25) is 5.02 Å². The Labute approximate surface area is 109 Å². The summed E-state index contributed by atoms with van der Waals surface area (Å²) in [5.41, 5.74) is -0.0106. The summed E-state index contributed by atoms with van der Waals surface area (Å²) in [7, 11) is 1.31. The molecule has 7 heteroatoms. The van der Waals surface area contributed by atoms with E-state index in [-0.39, 0.29) is 29.5 Å². The lowest BCUT2D eigenvalue weighted by Gasteiger charge is -2.07. The van der Waals surface area contributed by atoms with Gasteiger partial charge in [-0.25, -0.2) is 0 Å². The average Bonchev–Trinajstić information content (AvgIpc) is 2.31. The summed E-state index contributed by atoms with van der Waals surface area (Å²) < 4.78 is 9.61. The lowest BCUT2D eigenvalue weighted by molar-refractivity contribution is -0.385. The molecule has 0 bridgehead atoms. The highest BCUT2D eigenvalue weighted by Gasteiger charge is 2.23. The Kier molecular flexibility index (Phi) is 4.91. The van der Waals surface area contributed by atoms with Crippen LogP contribution in [-0.2, 0) is 16.0 Å². The molecule has 0 aliphatic heterocycles. The van der Waals surface area contributed by atoms with Gasteiger partial charge in [0, 0.05) is 0 Å². The predicted octanol–water partition coefficient (Wildman–Crippen LogP) is 2.36. The Bertz CT molecular complexity index is 475. The van der Waals surface area contributed by atoms with Crippen LogP contribution in [0.15, 0.2) is 12.1 Å². The van der Waals surface area contributed by atoms with Crippen molar-refractivity contribution < 1.29 is 19.2 Å². The van der Waals surface area contributed by atoms with Crippen LogP contribution < -0.4 is 4.74 Å². The van der Waals surface area contributed by atoms with Crippen molar-refractivity contribution in [2.24, 2.45) is 0 Å². The van der Waals surface area contributed by atoms with E-state index in [1.165, 1.54) is 19.2 Å². The lowest BCUT2D eigenvalue weighted by Crippen LogP contribution is -2.08. The molecule has 0 amide bonds. The minimum atomic E-state index is -0.643. The van der Waals surface area contributed by atoms with Crippen LogP contribution in [-0.4, -0.2) is 24.6 Å². The molecular formula is C11H12ClNO5. The first-order valence-corrected chi connectivity index (χ1v) is 5.54. The highest BCUT2D eigenvalue weighted by atomic mass is 35.5. The predicted molar refractivity (Wildman–Crippen MR) is 65.0 cm³/mol. The fourth-order valence-electron chi connectivity index (χ4n) is 1.43. The zero-order valence-electron chi connectivity index (χ0n) is 9.94. The van der Waals surface area contributed by atoms with Crippen LogP contribution in [0.5, 0.6) is 5.75 Å². The van der Waals surface area contributed by atoms with E-state index in [1.807, 2.05) is 0 Å². The molecule has 1 aromatic carbocycles. The van der Waals surface area contributed by atoms with Crippen molar-refractivity contribution >= 4 is 23.3 Å². The second-order valence-corrected chi connectivity index (χ2v) is 3.71. The topological polar surface area (TPSA) is 78.7 Å². The molecule has 0 fully saturated rings. The standard InChI is InChI=1S/C11H12ClNO5/c1-3-18-9(14)6-7-4-5-8(17-2)11(10(7)12)13(15)16/h4-5H,3,6H2,1-2H3. The van der Waals surface area contributed by atoms with Gasteiger partial charge in [-0.3, -0.25) is 14.9 Å². The van der Waals surface area contributed by atoms with Crippen molar-refractivity contribution in [1.29, 1.82) is 0 Å². The van der Waals surface area contributed by atoms with Gasteiger partial charge >= 0.3 is 11.7 Å². The maximum absolute atomic E-state index is 11.3. The maximum Gasteiger partial charge on any atom is 0.329 e. The molecule has 0 unspecified atom stereocenters. The molecule has 0 spiro atoms. The third-order valence-corrected chi connectivity index (χ3v) is 2.62. The van der Waals surface area contributed by atoms with Gasteiger partial charge in [0.2, 0.25) is 0 Å². The van der Waals surface area contributed by atoms with Gasteiger partial charge in [0.05, 0.1) is 25.1 Å². The third kappa shape index (κ3) is 3.10. The second kappa shape index (κ2) is 6.20. The van der Waals surface area contributed by atoms with Crippen molar-refractivity contribution in [3.05, 3.63) is 32.8 Å². The largest absolute Gasteiger partial charge is 0.490 e. The number of esters is 1. The van der Waals surface area contributed by atoms with Gasteiger partial charge in [0.1, 0.15) is 5.02 Å². The van der Waals surface area contributed by atoms with E-state index in [9.17, 15) is 14.9 Å². The van der Waals surface area contributed by atoms with Crippen molar-refractivity contribution in [3.8, 4) is 5.75 Å². The van der Waals surface area contributed by atoms with Gasteiger partial charge in [-0.1, -0.05) is 17.7 Å². The molecule has 98 valence electrons. The first kappa shape index (κ1) is 14.2. The zero-order chi connectivity index (χ0) is 13.7. The van der Waals surface area contributed by atoms with Crippen molar-refractivity contribution in [3.63, 3.8) is 0 Å². The Morgan fingerprint density at radius 2 is 2.17 bits per heavy atom. The number of hydrogen-bond donors (Lipinski definition) is 0. The number of nitro groups is 1. The molecule has 1 rings (SSSR count). The molecular weight excluding hydrogens is 262 g/mol. The van der Waals surface area contributed by atoms with E-state index in [0.717, 1.165) is 0 Å². The molecule has 0 aliphatic carbocycles. The number of nitrogens with zero attached hydrogens (tertiary/aromatic N) is 1. The van der Waals surface area contributed by atoms with Crippen LogP contribution >= 0.6 is 11.6 Å². The summed E-state index contributed by atoms with van der Waals surface area (Å²) in [6, 6.07) is 2.91. The van der Waals surface area contributed by atoms with Gasteiger partial charge in [-0.2, -0.15) is 0 Å². The fourth-order valence-corrected chi connectivity index (χ4v) is 1.72. The highest BCUT2D eigenvalue weighted by molar-refractivity contribution is 6.34. The Morgan fingerprint density at radius 3 is 2.67 bits per heavy atom. The summed E-state index contributed by atoms with van der Waals surface area (Å²) >= 11 is 5.90. The van der Waals surface area contributed by atoms with Crippen LogP contribution in [0.25, 0.3) is 0 Å². The van der Waals surface area contributed by atoms with Crippen LogP contribution in [0.1, 0.15) is 12.5 Å². The monoisotopic (exact) mass is 273 g/mol. The van der Waals surface area contributed by atoms with E-state index >= 15 is 0 Å². The summed E-state index contributed by atoms with van der Waals surface area (Å²) in [4.78, 5) is 21.6. The van der Waals surface area contributed by atoms with E-state index < -0.39 is 10.9 Å². The molecule has 6 nitrogen and oxygen atoms in total. The third-order valence-electron chi connectivity index (χ3n) is 2.20. The average molecular weight is 274 g/mol. The molecule has 0 aliphatic rings. The first-order valence-electron chi connectivity index (χ1n) is 5.16. The Morgan fingerprint density at radius 1 is 1.50 bits per heavy atom. The molecule has 0 saturated heterocycles. The summed E-state index contributed by atoms with van der Waals surface area (Å²) in [5.74, 6) is -0.434. The molecule has 0 aromatic heterocycles. The number of rotatable bonds is 5. The molecule has 0 atom stereocenters. The Balaban J connectivity index is 3.12. The number of methoxy groups -OCH3 is 1. The van der Waals surface area contributed by atoms with Gasteiger partial charge in [0.25, 0.3) is 0 Å². The number of carbonyl (C=O) groups is 1. The number of hydrogen-bond acceptors (Lipinski definition) is 5. The van der Waals surface area contributed by atoms with Gasteiger partial charge in [-0.15, -0.1) is 0 Å². The Hall–Kier alpha value is -1.82. The number of halogens is 1. The minimum Gasteiger partial charge on any atom is -0.490 e. The molecule has 18 heavy (non-hydrogen) atoms. The quantitative estimate of drug-likeness (QED) is 0.467. The molecule has 0 heterocycles. The molecule has 0 saturated carbocycles. The highest BCUT2D eigenvalue weighted by Crippen LogP contribution is 2.37. The van der Waals surface area contributed by atoms with Crippen molar-refractivity contribution in [2.75, 3.05) is 13.7 Å². The van der Waals surface area contributed by atoms with Gasteiger partial charge < -0.3 is 9.47 Å². The number of nitro benzene ring substituents is 1. The van der Waals surface area contributed by atoms with E-state index in [0.29, 0.717) is 5.56 Å². The van der Waals surface area contributed by atoms with Gasteiger partial charge in [0.15, 0.2) is 5.75 Å². The zero-order valence-corrected chi connectivity index (χ0v) is 10.7. The van der Waals surface area contributed by atoms with E-state index in [2.05, 4.69) is 0 Å². The normalized spacial score (nSPS) is 9.94. The number of carbonyl (C=O) groups excluding carboxylic acids is 1. The smallest absolute Gasteiger partial charge is 0.329 e. The number of ether oxygens (including phenoxy) is 2. The van der Waals surface area contributed by atoms with E-state index in [4.69, 9.17) is 21.1 Å². The minimum absolute atomic E-state index is 0.0533. The summed E-state index contributed by atoms with van der Waals surface area (Å²) in [6.45, 7) is 1.92. The lowest BCUT2D eigenvalue weighted by atomic mass is 10.1. The number of benzene rings is 1. The van der Waals surface area contributed by atoms with Crippen molar-refractivity contribution in [1.82, 2.24) is 0 Å². The molecule has 0 N–H and O–H groups in total. The van der Waals surface area contributed by atoms with Crippen molar-refractivity contribution in [2.45, 2.75) is 13.3 Å². The van der Waals surface area contributed by atoms with Crippen LogP contribution in [0.4, 0.5) is 5.69 Å². The molecule has 1 aromatic rings. The molecule has 0 radical (unpaired) electrons. The summed E-state index contributed by atoms with van der Waals surface area (Å²) in [6.07, 6.45) is -0.114. The van der Waals surface area contributed by atoms with E-state index in [1.54, 1.807) is 6.92 Å². The van der Waals surface area contributed by atoms with Gasteiger partial charge in [-0.05, 0) is 18.6 Å². The summed E-state index contributed by atoms with van der Waals surface area (Å²) in [5, 5.41) is 10.8. The van der Waals surface area contributed by atoms with Crippen LogP contribution in [0.3, 0.4) is 0 Å². The maximum atomic E-state index is 11.3. The van der Waals surface area contributed by atoms with Crippen LogP contribution in [0, 0.1) is 10.1 Å². The fraction of sp³-hybridized carbons (Fsp3) is 0.364. The second-order valence-electron chi connectivity index (χ2n) is 3.33.